The van der Waals surface area contributed by atoms with Gasteiger partial charge in [0.15, 0.2) is 0 Å². The summed E-state index contributed by atoms with van der Waals surface area (Å²) in [7, 11) is 0. The van der Waals surface area contributed by atoms with Gasteiger partial charge in [0.1, 0.15) is 17.5 Å². The number of pyridine rings is 1. The number of hydrogen-bond acceptors (Lipinski definition) is 9. The molecule has 3 aliphatic heterocycles. The van der Waals surface area contributed by atoms with E-state index in [0.717, 1.165) is 12.0 Å². The zero-order valence-electron chi connectivity index (χ0n) is 22.2. The number of benzene rings is 1. The second kappa shape index (κ2) is 9.56. The van der Waals surface area contributed by atoms with Crippen LogP contribution in [-0.4, -0.2) is 66.9 Å². The van der Waals surface area contributed by atoms with Gasteiger partial charge in [0.05, 0.1) is 29.1 Å². The Morgan fingerprint density at radius 3 is 2.67 bits per heavy atom. The minimum Gasteiger partial charge on any atom is -0.383 e. The van der Waals surface area contributed by atoms with Crippen molar-refractivity contribution in [2.24, 2.45) is 5.41 Å². The first kappa shape index (κ1) is 26.2. The molecule has 3 amide bonds. The van der Waals surface area contributed by atoms with Crippen LogP contribution in [0.5, 0.6) is 0 Å². The third kappa shape index (κ3) is 4.37. The number of rotatable bonds is 5. The highest BCUT2D eigenvalue weighted by atomic mass is 19.1. The highest BCUT2D eigenvalue weighted by Crippen LogP contribution is 2.46. The second-order valence-electron chi connectivity index (χ2n) is 11.4. The summed E-state index contributed by atoms with van der Waals surface area (Å²) in [5.74, 6) is -1.36. The van der Waals surface area contributed by atoms with E-state index >= 15 is 0 Å². The standard InChI is InChI=1S/C28H29FN6O5/c1-27(2)14-34(12-16-3-4-17(19(29)11-16)24-30-15-40-33-24)10-9-28(27,39)22-7-5-18-20(31-22)13-35(26(18)38)21-6-8-23(36)32-25(21)37/h3-5,7,11,15,21,39H,6,8-10,12-14H2,1-2H3,(H,32,36,37)/t21-,28+/m1/s1. The molecular weight excluding hydrogens is 519 g/mol. The van der Waals surface area contributed by atoms with Gasteiger partial charge in [-0.05, 0) is 42.7 Å². The quantitative estimate of drug-likeness (QED) is 0.459. The van der Waals surface area contributed by atoms with E-state index in [4.69, 9.17) is 9.51 Å². The summed E-state index contributed by atoms with van der Waals surface area (Å²) in [6.07, 6.45) is 1.99. The molecule has 6 rings (SSSR count). The molecule has 0 spiro atoms. The van der Waals surface area contributed by atoms with Crippen molar-refractivity contribution in [3.63, 3.8) is 0 Å². The summed E-state index contributed by atoms with van der Waals surface area (Å²) in [4.78, 5) is 49.2. The van der Waals surface area contributed by atoms with E-state index in [-0.39, 0.29) is 42.6 Å². The van der Waals surface area contributed by atoms with Crippen LogP contribution in [-0.2, 0) is 28.3 Å². The van der Waals surface area contributed by atoms with Crippen LogP contribution in [0.4, 0.5) is 4.39 Å². The lowest BCUT2D eigenvalue weighted by molar-refractivity contribution is -0.137. The third-order valence-corrected chi connectivity index (χ3v) is 8.37. The maximum Gasteiger partial charge on any atom is 0.256 e. The lowest BCUT2D eigenvalue weighted by Crippen LogP contribution is -2.55. The van der Waals surface area contributed by atoms with Crippen molar-refractivity contribution in [3.05, 3.63) is 65.1 Å². The Hall–Kier alpha value is -4.03. The molecule has 11 nitrogen and oxygen atoms in total. The summed E-state index contributed by atoms with van der Waals surface area (Å²) >= 11 is 0. The van der Waals surface area contributed by atoms with E-state index in [1.807, 2.05) is 19.9 Å². The lowest BCUT2D eigenvalue weighted by Gasteiger charge is -2.50. The molecule has 0 aliphatic carbocycles. The molecule has 2 fully saturated rings. The smallest absolute Gasteiger partial charge is 0.256 e. The highest BCUT2D eigenvalue weighted by Gasteiger charge is 2.50. The number of nitrogens with zero attached hydrogens (tertiary/aromatic N) is 5. The van der Waals surface area contributed by atoms with E-state index in [2.05, 4.69) is 20.4 Å². The van der Waals surface area contributed by atoms with Gasteiger partial charge in [-0.3, -0.25) is 29.6 Å². The fraction of sp³-hybridized carbons (Fsp3) is 0.429. The van der Waals surface area contributed by atoms with E-state index in [1.165, 1.54) is 11.0 Å². The SMILES string of the molecule is CC1(C)CN(Cc2ccc(-c3ncon3)c(F)c2)CC[C@]1(O)c1ccc2c(n1)CN([C@@H]1CCC(=O)NC1=O)C2=O. The Kier molecular flexibility index (Phi) is 6.26. The molecule has 40 heavy (non-hydrogen) atoms. The van der Waals surface area contributed by atoms with E-state index in [1.54, 1.807) is 18.2 Å². The topological polar surface area (TPSA) is 142 Å². The van der Waals surface area contributed by atoms with Crippen molar-refractivity contribution < 1.29 is 28.4 Å². The van der Waals surface area contributed by atoms with Crippen molar-refractivity contribution in [3.8, 4) is 11.4 Å². The Morgan fingerprint density at radius 2 is 1.98 bits per heavy atom. The maximum absolute atomic E-state index is 14.7. The number of amides is 3. The van der Waals surface area contributed by atoms with Crippen molar-refractivity contribution >= 4 is 17.7 Å². The first-order chi connectivity index (χ1) is 19.1. The van der Waals surface area contributed by atoms with Crippen LogP contribution in [0.3, 0.4) is 0 Å². The molecule has 2 aromatic heterocycles. The molecule has 3 aromatic rings. The Morgan fingerprint density at radius 1 is 1.18 bits per heavy atom. The summed E-state index contributed by atoms with van der Waals surface area (Å²) < 4.78 is 19.4. The molecule has 2 N–H and O–H groups in total. The Labute approximate surface area is 229 Å². The number of imide groups is 1. The molecule has 0 unspecified atom stereocenters. The van der Waals surface area contributed by atoms with Gasteiger partial charge in [-0.15, -0.1) is 0 Å². The number of carbonyl (C=O) groups excluding carboxylic acids is 3. The minimum absolute atomic E-state index is 0.141. The second-order valence-corrected chi connectivity index (χ2v) is 11.4. The summed E-state index contributed by atoms with van der Waals surface area (Å²) in [6.45, 7) is 5.65. The van der Waals surface area contributed by atoms with Gasteiger partial charge in [0, 0.05) is 31.5 Å². The van der Waals surface area contributed by atoms with Crippen molar-refractivity contribution in [1.29, 1.82) is 0 Å². The number of piperidine rings is 2. The number of nitrogens with one attached hydrogen (secondary N) is 1. The summed E-state index contributed by atoms with van der Waals surface area (Å²) in [6, 6.07) is 7.56. The fourth-order valence-corrected chi connectivity index (χ4v) is 6.09. The van der Waals surface area contributed by atoms with Gasteiger partial charge < -0.3 is 14.5 Å². The predicted octanol–water partition coefficient (Wildman–Crippen LogP) is 2.15. The number of carbonyl (C=O) groups is 3. The lowest BCUT2D eigenvalue weighted by atomic mass is 9.68. The molecule has 3 aliphatic rings. The molecule has 5 heterocycles. The van der Waals surface area contributed by atoms with Crippen molar-refractivity contribution in [1.82, 2.24) is 30.2 Å². The van der Waals surface area contributed by atoms with E-state index in [0.29, 0.717) is 43.0 Å². The molecule has 0 saturated carbocycles. The molecule has 2 atom stereocenters. The molecule has 208 valence electrons. The van der Waals surface area contributed by atoms with Gasteiger partial charge in [-0.2, -0.15) is 4.98 Å². The Balaban J connectivity index is 1.17. The highest BCUT2D eigenvalue weighted by molar-refractivity contribution is 6.05. The first-order valence-electron chi connectivity index (χ1n) is 13.2. The van der Waals surface area contributed by atoms with Gasteiger partial charge >= 0.3 is 0 Å². The van der Waals surface area contributed by atoms with Gasteiger partial charge in [0.2, 0.25) is 24.0 Å². The normalized spacial score (nSPS) is 24.8. The average Bonchev–Trinajstić information content (AvgIpc) is 3.54. The fourth-order valence-electron chi connectivity index (χ4n) is 6.09. The molecule has 0 radical (unpaired) electrons. The average molecular weight is 549 g/mol. The van der Waals surface area contributed by atoms with Crippen LogP contribution in [0.15, 0.2) is 41.2 Å². The number of likely N-dealkylation sites (tertiary alicyclic amines) is 1. The molecule has 12 heteroatoms. The molecule has 0 bridgehead atoms. The summed E-state index contributed by atoms with van der Waals surface area (Å²) in [5.41, 5.74) is 0.551. The zero-order chi connectivity index (χ0) is 28.2. The number of aliphatic hydroxyl groups is 1. The van der Waals surface area contributed by atoms with E-state index in [9.17, 15) is 23.9 Å². The van der Waals surface area contributed by atoms with Crippen LogP contribution in [0, 0.1) is 11.2 Å². The van der Waals surface area contributed by atoms with Gasteiger partial charge in [-0.1, -0.05) is 25.1 Å². The largest absolute Gasteiger partial charge is 0.383 e. The third-order valence-electron chi connectivity index (χ3n) is 8.37. The van der Waals surface area contributed by atoms with E-state index < -0.39 is 28.8 Å². The number of fused-ring (bicyclic) bond motifs is 1. The summed E-state index contributed by atoms with van der Waals surface area (Å²) in [5, 5.41) is 17.9. The predicted molar refractivity (Wildman–Crippen MR) is 138 cm³/mol. The molecule has 2 saturated heterocycles. The van der Waals surface area contributed by atoms with Crippen LogP contribution in [0.25, 0.3) is 11.4 Å². The van der Waals surface area contributed by atoms with Crippen LogP contribution < -0.4 is 5.32 Å². The van der Waals surface area contributed by atoms with Crippen molar-refractivity contribution in [2.75, 3.05) is 13.1 Å². The van der Waals surface area contributed by atoms with Crippen LogP contribution in [0.1, 0.15) is 60.4 Å². The molecular formula is C28H29FN6O5. The van der Waals surface area contributed by atoms with Crippen molar-refractivity contribution in [2.45, 2.75) is 57.8 Å². The first-order valence-corrected chi connectivity index (χ1v) is 13.2. The van der Waals surface area contributed by atoms with Crippen LogP contribution >= 0.6 is 0 Å². The zero-order valence-corrected chi connectivity index (χ0v) is 22.2. The maximum atomic E-state index is 14.7. The monoisotopic (exact) mass is 548 g/mol. The van der Waals surface area contributed by atoms with Crippen LogP contribution in [0.2, 0.25) is 0 Å². The Bertz CT molecular complexity index is 1510. The van der Waals surface area contributed by atoms with Gasteiger partial charge in [0.25, 0.3) is 5.91 Å². The number of aromatic nitrogens is 3. The minimum atomic E-state index is -1.27. The van der Waals surface area contributed by atoms with Gasteiger partial charge in [-0.25, -0.2) is 4.39 Å². The molecule has 1 aromatic carbocycles. The number of halogens is 1. The number of hydrogen-bond donors (Lipinski definition) is 2.